The summed E-state index contributed by atoms with van der Waals surface area (Å²) in [5.74, 6) is -3.52. The maximum Gasteiger partial charge on any atom is 0.326 e. The Morgan fingerprint density at radius 1 is 1.32 bits per heavy atom. The Morgan fingerprint density at radius 2 is 2.00 bits per heavy atom. The average molecular weight is 271 g/mol. The van der Waals surface area contributed by atoms with Gasteiger partial charge in [0, 0.05) is 19.3 Å². The third-order valence-electron chi connectivity index (χ3n) is 2.42. The van der Waals surface area contributed by atoms with Crippen LogP contribution < -0.4 is 10.7 Å². The van der Waals surface area contributed by atoms with Crippen LogP contribution in [0.25, 0.3) is 0 Å². The third-order valence-corrected chi connectivity index (χ3v) is 2.42. The van der Waals surface area contributed by atoms with Crippen LogP contribution in [0.3, 0.4) is 0 Å². The van der Waals surface area contributed by atoms with Crippen molar-refractivity contribution in [2.24, 2.45) is 5.10 Å². The Bertz CT molecular complexity index is 445. The summed E-state index contributed by atoms with van der Waals surface area (Å²) in [6, 6.07) is -1.30. The van der Waals surface area contributed by atoms with Gasteiger partial charge in [-0.1, -0.05) is 0 Å². The van der Waals surface area contributed by atoms with E-state index in [1.807, 2.05) is 0 Å². The summed E-state index contributed by atoms with van der Waals surface area (Å²) in [6.45, 7) is 0. The normalized spacial score (nSPS) is 16.0. The molecule has 0 saturated carbocycles. The number of aliphatic carboxylic acids is 2. The molecular formula is C10H13N3O6. The van der Waals surface area contributed by atoms with Gasteiger partial charge in [-0.3, -0.25) is 14.4 Å². The summed E-state index contributed by atoms with van der Waals surface area (Å²) in [5.41, 5.74) is 2.13. The number of carboxylic acids is 2. The van der Waals surface area contributed by atoms with Gasteiger partial charge in [0.05, 0.1) is 0 Å². The van der Waals surface area contributed by atoms with E-state index < -0.39 is 23.9 Å². The average Bonchev–Trinajstić information content (AvgIpc) is 2.34. The Kier molecular flexibility index (Phi) is 4.98. The lowest BCUT2D eigenvalue weighted by Crippen LogP contribution is -2.45. The summed E-state index contributed by atoms with van der Waals surface area (Å²) in [7, 11) is 0. The van der Waals surface area contributed by atoms with Gasteiger partial charge in [0.1, 0.15) is 11.8 Å². The van der Waals surface area contributed by atoms with Crippen molar-refractivity contribution in [3.05, 3.63) is 0 Å². The highest BCUT2D eigenvalue weighted by Gasteiger charge is 2.25. The Morgan fingerprint density at radius 3 is 2.47 bits per heavy atom. The summed E-state index contributed by atoms with van der Waals surface area (Å²) in [4.78, 5) is 43.7. The monoisotopic (exact) mass is 271 g/mol. The molecule has 0 aromatic heterocycles. The molecule has 0 bridgehead atoms. The molecule has 0 fully saturated rings. The maximum absolute atomic E-state index is 11.7. The zero-order valence-corrected chi connectivity index (χ0v) is 9.88. The molecule has 0 radical (unpaired) electrons. The minimum absolute atomic E-state index is 0.0150. The highest BCUT2D eigenvalue weighted by molar-refractivity contribution is 6.39. The molecule has 104 valence electrons. The maximum atomic E-state index is 11.7. The van der Waals surface area contributed by atoms with E-state index in [0.29, 0.717) is 0 Å². The first kappa shape index (κ1) is 14.6. The van der Waals surface area contributed by atoms with Crippen LogP contribution in [-0.2, 0) is 19.2 Å². The van der Waals surface area contributed by atoms with Crippen LogP contribution in [0.5, 0.6) is 0 Å². The van der Waals surface area contributed by atoms with Gasteiger partial charge in [-0.05, 0) is 6.42 Å². The molecule has 9 heteroatoms. The topological polar surface area (TPSA) is 145 Å². The van der Waals surface area contributed by atoms with Gasteiger partial charge >= 0.3 is 11.9 Å². The lowest BCUT2D eigenvalue weighted by Gasteiger charge is -2.16. The van der Waals surface area contributed by atoms with E-state index in [0.717, 1.165) is 0 Å². The lowest BCUT2D eigenvalue weighted by molar-refractivity contribution is -0.142. The van der Waals surface area contributed by atoms with Crippen LogP contribution in [0.4, 0.5) is 0 Å². The molecule has 1 aliphatic heterocycles. The second-order valence-corrected chi connectivity index (χ2v) is 3.89. The number of nitrogens with zero attached hydrogens (tertiary/aromatic N) is 1. The minimum atomic E-state index is -1.32. The number of carbonyl (C=O) groups is 4. The molecule has 1 rings (SSSR count). The van der Waals surface area contributed by atoms with Crippen LogP contribution in [0, 0.1) is 0 Å². The van der Waals surface area contributed by atoms with Crippen LogP contribution >= 0.6 is 0 Å². The predicted octanol–water partition coefficient (Wildman–Crippen LogP) is -1.31. The van der Waals surface area contributed by atoms with E-state index in [1.54, 1.807) is 0 Å². The van der Waals surface area contributed by atoms with Crippen molar-refractivity contribution in [2.75, 3.05) is 0 Å². The largest absolute Gasteiger partial charge is 0.481 e. The lowest BCUT2D eigenvalue weighted by atomic mass is 10.1. The van der Waals surface area contributed by atoms with Gasteiger partial charge in [0.2, 0.25) is 5.91 Å². The fraction of sp³-hybridized carbons (Fsp3) is 0.500. The van der Waals surface area contributed by atoms with Crippen LogP contribution in [-0.4, -0.2) is 45.7 Å². The second kappa shape index (κ2) is 6.47. The molecule has 9 nitrogen and oxygen atoms in total. The molecule has 1 aliphatic rings. The van der Waals surface area contributed by atoms with Crippen molar-refractivity contribution in [3.8, 4) is 0 Å². The number of hydrogen-bond donors (Lipinski definition) is 4. The van der Waals surface area contributed by atoms with E-state index >= 15 is 0 Å². The Balaban J connectivity index is 2.58. The fourth-order valence-electron chi connectivity index (χ4n) is 1.40. The second-order valence-electron chi connectivity index (χ2n) is 3.89. The minimum Gasteiger partial charge on any atom is -0.481 e. The van der Waals surface area contributed by atoms with Crippen molar-refractivity contribution < 1.29 is 29.4 Å². The molecule has 2 amide bonds. The van der Waals surface area contributed by atoms with Crippen LogP contribution in [0.2, 0.25) is 0 Å². The van der Waals surface area contributed by atoms with Crippen molar-refractivity contribution in [3.63, 3.8) is 0 Å². The standard InChI is InChI=1S/C10H13N3O6/c14-7-3-1-5(12-13-7)9(17)11-6(10(18)19)2-4-8(15)16/h6H,1-4H2,(H,11,17)(H,13,14)(H,15,16)(H,18,19). The summed E-state index contributed by atoms with van der Waals surface area (Å²) < 4.78 is 0. The first-order chi connectivity index (χ1) is 8.90. The number of hydrazone groups is 1. The molecule has 1 atom stereocenters. The molecule has 4 N–H and O–H groups in total. The fourth-order valence-corrected chi connectivity index (χ4v) is 1.40. The SMILES string of the molecule is O=C(O)CCC(NC(=O)C1=NNC(=O)CC1)C(=O)O. The predicted molar refractivity (Wildman–Crippen MR) is 61.2 cm³/mol. The summed E-state index contributed by atoms with van der Waals surface area (Å²) in [6.07, 6.45) is -0.390. The molecule has 0 saturated heterocycles. The van der Waals surface area contributed by atoms with Crippen molar-refractivity contribution in [1.29, 1.82) is 0 Å². The molecular weight excluding hydrogens is 258 g/mol. The van der Waals surface area contributed by atoms with Crippen molar-refractivity contribution in [1.82, 2.24) is 10.7 Å². The zero-order valence-electron chi connectivity index (χ0n) is 9.88. The molecule has 0 aromatic rings. The first-order valence-electron chi connectivity index (χ1n) is 5.51. The Hall–Kier alpha value is -2.45. The smallest absolute Gasteiger partial charge is 0.326 e. The highest BCUT2D eigenvalue weighted by Crippen LogP contribution is 2.02. The third kappa shape index (κ3) is 4.74. The number of carboxylic acid groups (broad SMARTS) is 2. The van der Waals surface area contributed by atoms with Gasteiger partial charge in [-0.15, -0.1) is 0 Å². The van der Waals surface area contributed by atoms with E-state index in [9.17, 15) is 19.2 Å². The van der Waals surface area contributed by atoms with Crippen molar-refractivity contribution >= 4 is 29.5 Å². The van der Waals surface area contributed by atoms with Crippen LogP contribution in [0.15, 0.2) is 5.10 Å². The number of rotatable bonds is 6. The van der Waals surface area contributed by atoms with E-state index in [1.165, 1.54) is 0 Å². The zero-order chi connectivity index (χ0) is 14.4. The summed E-state index contributed by atoms with van der Waals surface area (Å²) >= 11 is 0. The molecule has 1 heterocycles. The molecule has 19 heavy (non-hydrogen) atoms. The number of hydrogen-bond acceptors (Lipinski definition) is 5. The number of amides is 2. The van der Waals surface area contributed by atoms with Gasteiger partial charge in [0.25, 0.3) is 5.91 Å². The number of nitrogens with one attached hydrogen (secondary N) is 2. The van der Waals surface area contributed by atoms with E-state index in [-0.39, 0.29) is 37.3 Å². The summed E-state index contributed by atoms with van der Waals surface area (Å²) in [5, 5.41) is 23.0. The molecule has 0 aromatic carbocycles. The van der Waals surface area contributed by atoms with E-state index in [4.69, 9.17) is 10.2 Å². The van der Waals surface area contributed by atoms with Gasteiger partial charge in [-0.2, -0.15) is 5.10 Å². The van der Waals surface area contributed by atoms with Gasteiger partial charge < -0.3 is 15.5 Å². The highest BCUT2D eigenvalue weighted by atomic mass is 16.4. The first-order valence-corrected chi connectivity index (χ1v) is 5.51. The van der Waals surface area contributed by atoms with Crippen molar-refractivity contribution in [2.45, 2.75) is 31.7 Å². The van der Waals surface area contributed by atoms with E-state index in [2.05, 4.69) is 15.8 Å². The Labute approximate surface area is 107 Å². The van der Waals surface area contributed by atoms with Crippen LogP contribution in [0.1, 0.15) is 25.7 Å². The quantitative estimate of drug-likeness (QED) is 0.471. The number of carbonyl (C=O) groups excluding carboxylic acids is 2. The van der Waals surface area contributed by atoms with Gasteiger partial charge in [0.15, 0.2) is 0 Å². The van der Waals surface area contributed by atoms with Gasteiger partial charge in [-0.25, -0.2) is 10.2 Å². The molecule has 0 aliphatic carbocycles. The molecule has 0 spiro atoms. The molecule has 1 unspecified atom stereocenters.